The lowest BCUT2D eigenvalue weighted by Gasteiger charge is -2.19. The molecule has 4 rings (SSSR count). The smallest absolute Gasteiger partial charge is 0.316 e. The molecular formula is C17H20FN5O2. The molecule has 0 amide bonds. The number of rotatable bonds is 5. The van der Waals surface area contributed by atoms with Crippen LogP contribution in [0.25, 0.3) is 0 Å². The van der Waals surface area contributed by atoms with E-state index in [2.05, 4.69) is 24.8 Å². The summed E-state index contributed by atoms with van der Waals surface area (Å²) in [6.07, 6.45) is 5.16. The number of aromatic nitrogens is 4. The molecule has 0 aromatic carbocycles. The van der Waals surface area contributed by atoms with Crippen molar-refractivity contribution < 1.29 is 13.9 Å². The molecular weight excluding hydrogens is 325 g/mol. The van der Waals surface area contributed by atoms with Gasteiger partial charge < -0.3 is 14.4 Å². The molecule has 2 aliphatic rings. The van der Waals surface area contributed by atoms with Crippen molar-refractivity contribution in [1.82, 2.24) is 19.9 Å². The summed E-state index contributed by atoms with van der Waals surface area (Å²) in [6, 6.07) is 2.26. The van der Waals surface area contributed by atoms with Crippen molar-refractivity contribution in [3.8, 4) is 6.01 Å². The standard InChI is InChI=1S/C17H20FN5O2/c1-11-2-4-19-17(22-11)24-5-3-12-10-25-15-9-23(8-14(12)15)16-20-6-13(18)7-21-16/h2,4,6-7,12,14-15H,3,5,8-10H2,1H3/t12-,14-,15-/m1/s1. The van der Waals surface area contributed by atoms with Crippen LogP contribution >= 0.6 is 0 Å². The van der Waals surface area contributed by atoms with Gasteiger partial charge in [0.05, 0.1) is 31.7 Å². The first-order valence-electron chi connectivity index (χ1n) is 8.45. The predicted molar refractivity (Wildman–Crippen MR) is 87.8 cm³/mol. The van der Waals surface area contributed by atoms with E-state index in [1.165, 1.54) is 12.4 Å². The number of aryl methyl sites for hydroxylation is 1. The molecule has 7 nitrogen and oxygen atoms in total. The molecule has 0 N–H and O–H groups in total. The number of hydrogen-bond acceptors (Lipinski definition) is 7. The second-order valence-corrected chi connectivity index (χ2v) is 6.52. The average molecular weight is 345 g/mol. The van der Waals surface area contributed by atoms with Crippen LogP contribution in [0.3, 0.4) is 0 Å². The molecule has 0 bridgehead atoms. The van der Waals surface area contributed by atoms with E-state index in [9.17, 15) is 4.39 Å². The molecule has 3 atom stereocenters. The Bertz CT molecular complexity index is 729. The Kier molecular flexibility index (Phi) is 4.44. The third-order valence-electron chi connectivity index (χ3n) is 4.82. The molecule has 132 valence electrons. The number of nitrogens with zero attached hydrogens (tertiary/aromatic N) is 5. The van der Waals surface area contributed by atoms with E-state index in [-0.39, 0.29) is 6.10 Å². The lowest BCUT2D eigenvalue weighted by atomic mass is 9.91. The third kappa shape index (κ3) is 3.53. The maximum Gasteiger partial charge on any atom is 0.316 e. The maximum absolute atomic E-state index is 13.0. The SMILES string of the molecule is Cc1ccnc(OCC[C@@H]2CO[C@@H]3CN(c4ncc(F)cn4)C[C@H]23)n1. The van der Waals surface area contributed by atoms with Crippen molar-refractivity contribution in [2.75, 3.05) is 31.2 Å². The molecule has 0 aliphatic carbocycles. The first kappa shape index (κ1) is 16.1. The molecule has 2 fully saturated rings. The van der Waals surface area contributed by atoms with Crippen LogP contribution in [-0.4, -0.2) is 52.3 Å². The van der Waals surface area contributed by atoms with Gasteiger partial charge in [-0.15, -0.1) is 0 Å². The third-order valence-corrected chi connectivity index (χ3v) is 4.82. The predicted octanol–water partition coefficient (Wildman–Crippen LogP) is 1.63. The molecule has 2 aromatic rings. The normalized spacial score (nSPS) is 25.2. The van der Waals surface area contributed by atoms with Gasteiger partial charge >= 0.3 is 6.01 Å². The minimum atomic E-state index is -0.423. The van der Waals surface area contributed by atoms with Gasteiger partial charge in [-0.05, 0) is 25.3 Å². The van der Waals surface area contributed by atoms with E-state index < -0.39 is 5.82 Å². The summed E-state index contributed by atoms with van der Waals surface area (Å²) < 4.78 is 24.6. The maximum atomic E-state index is 13.0. The number of halogens is 1. The fraction of sp³-hybridized carbons (Fsp3) is 0.529. The zero-order valence-electron chi connectivity index (χ0n) is 14.0. The Morgan fingerprint density at radius 3 is 2.92 bits per heavy atom. The van der Waals surface area contributed by atoms with Crippen molar-refractivity contribution in [2.24, 2.45) is 11.8 Å². The lowest BCUT2D eigenvalue weighted by molar-refractivity contribution is 0.110. The monoisotopic (exact) mass is 345 g/mol. The number of ether oxygens (including phenoxy) is 2. The van der Waals surface area contributed by atoms with Crippen LogP contribution in [-0.2, 0) is 4.74 Å². The number of fused-ring (bicyclic) bond motifs is 1. The summed E-state index contributed by atoms with van der Waals surface area (Å²) in [5, 5.41) is 0. The summed E-state index contributed by atoms with van der Waals surface area (Å²) in [5.41, 5.74) is 0.889. The van der Waals surface area contributed by atoms with Gasteiger partial charge in [-0.25, -0.2) is 24.3 Å². The summed E-state index contributed by atoms with van der Waals surface area (Å²) in [7, 11) is 0. The minimum absolute atomic E-state index is 0.175. The average Bonchev–Trinajstić information content (AvgIpc) is 3.17. The van der Waals surface area contributed by atoms with E-state index in [4.69, 9.17) is 9.47 Å². The minimum Gasteiger partial charge on any atom is -0.463 e. The van der Waals surface area contributed by atoms with Gasteiger partial charge in [-0.3, -0.25) is 0 Å². The van der Waals surface area contributed by atoms with Gasteiger partial charge in [-0.2, -0.15) is 0 Å². The molecule has 8 heteroatoms. The second kappa shape index (κ2) is 6.87. The highest BCUT2D eigenvalue weighted by molar-refractivity contribution is 5.32. The summed E-state index contributed by atoms with van der Waals surface area (Å²) in [5.74, 6) is 0.964. The molecule has 0 unspecified atom stereocenters. The Morgan fingerprint density at radius 1 is 1.28 bits per heavy atom. The molecule has 4 heterocycles. The highest BCUT2D eigenvalue weighted by Gasteiger charge is 2.44. The lowest BCUT2D eigenvalue weighted by Crippen LogP contribution is -2.26. The topological polar surface area (TPSA) is 73.3 Å². The summed E-state index contributed by atoms with van der Waals surface area (Å²) >= 11 is 0. The van der Waals surface area contributed by atoms with Crippen LogP contribution in [0.15, 0.2) is 24.7 Å². The van der Waals surface area contributed by atoms with Gasteiger partial charge in [0.15, 0.2) is 5.82 Å². The van der Waals surface area contributed by atoms with E-state index in [0.29, 0.717) is 30.4 Å². The molecule has 2 aliphatic heterocycles. The quantitative estimate of drug-likeness (QED) is 0.815. The van der Waals surface area contributed by atoms with Crippen molar-refractivity contribution in [3.63, 3.8) is 0 Å². The van der Waals surface area contributed by atoms with Crippen molar-refractivity contribution >= 4 is 5.95 Å². The van der Waals surface area contributed by atoms with E-state index in [1.54, 1.807) is 6.20 Å². The van der Waals surface area contributed by atoms with Crippen molar-refractivity contribution in [1.29, 1.82) is 0 Å². The van der Waals surface area contributed by atoms with Crippen LogP contribution in [0.1, 0.15) is 12.1 Å². The fourth-order valence-electron chi connectivity index (χ4n) is 3.53. The zero-order chi connectivity index (χ0) is 17.2. The molecule has 25 heavy (non-hydrogen) atoms. The van der Waals surface area contributed by atoms with Gasteiger partial charge in [-0.1, -0.05) is 0 Å². The van der Waals surface area contributed by atoms with Crippen molar-refractivity contribution in [3.05, 3.63) is 36.2 Å². The van der Waals surface area contributed by atoms with E-state index in [1.807, 2.05) is 13.0 Å². The van der Waals surface area contributed by atoms with Crippen LogP contribution in [0.5, 0.6) is 6.01 Å². The number of anilines is 1. The van der Waals surface area contributed by atoms with Gasteiger partial charge in [0.2, 0.25) is 5.95 Å². The zero-order valence-corrected chi connectivity index (χ0v) is 14.0. The Balaban J connectivity index is 1.32. The molecule has 0 spiro atoms. The van der Waals surface area contributed by atoms with Gasteiger partial charge in [0.25, 0.3) is 0 Å². The van der Waals surface area contributed by atoms with Crippen molar-refractivity contribution in [2.45, 2.75) is 19.4 Å². The fourth-order valence-corrected chi connectivity index (χ4v) is 3.53. The molecule has 2 aromatic heterocycles. The highest BCUT2D eigenvalue weighted by Crippen LogP contribution is 2.36. The Morgan fingerprint density at radius 2 is 2.12 bits per heavy atom. The number of hydrogen-bond donors (Lipinski definition) is 0. The summed E-state index contributed by atoms with van der Waals surface area (Å²) in [6.45, 7) is 4.78. The largest absolute Gasteiger partial charge is 0.463 e. The van der Waals surface area contributed by atoms with Crippen LogP contribution in [0.2, 0.25) is 0 Å². The molecule has 0 saturated carbocycles. The Hall–Kier alpha value is -2.35. The van der Waals surface area contributed by atoms with Crippen LogP contribution < -0.4 is 9.64 Å². The molecule has 0 radical (unpaired) electrons. The summed E-state index contributed by atoms with van der Waals surface area (Å²) in [4.78, 5) is 18.5. The second-order valence-electron chi connectivity index (χ2n) is 6.52. The Labute approximate surface area is 145 Å². The van der Waals surface area contributed by atoms with E-state index in [0.717, 1.165) is 31.8 Å². The van der Waals surface area contributed by atoms with Crippen LogP contribution in [0, 0.1) is 24.6 Å². The van der Waals surface area contributed by atoms with E-state index >= 15 is 0 Å². The van der Waals surface area contributed by atoms with Crippen LogP contribution in [0.4, 0.5) is 10.3 Å². The van der Waals surface area contributed by atoms with Gasteiger partial charge in [0, 0.05) is 30.9 Å². The highest BCUT2D eigenvalue weighted by atomic mass is 19.1. The van der Waals surface area contributed by atoms with Gasteiger partial charge in [0.1, 0.15) is 0 Å². The first-order chi connectivity index (χ1) is 12.2. The molecule has 2 saturated heterocycles. The first-order valence-corrected chi connectivity index (χ1v) is 8.45.